The summed E-state index contributed by atoms with van der Waals surface area (Å²) < 4.78 is 1.22. The molecule has 0 bridgehead atoms. The number of rotatable bonds is 16. The molecule has 0 saturated heterocycles. The first-order valence-corrected chi connectivity index (χ1v) is 11.4. The zero-order valence-electron chi connectivity index (χ0n) is 14.5. The molecule has 0 aromatic heterocycles. The second-order valence-corrected chi connectivity index (χ2v) is 8.29. The van der Waals surface area contributed by atoms with Gasteiger partial charge in [0.1, 0.15) is 0 Å². The molecule has 1 nitrogen and oxygen atoms in total. The monoisotopic (exact) mass is 426 g/mol. The molecule has 0 rings (SSSR count). The summed E-state index contributed by atoms with van der Waals surface area (Å²) in [6.07, 6.45) is 15.8. The van der Waals surface area contributed by atoms with Crippen molar-refractivity contribution in [3.8, 4) is 0 Å². The van der Waals surface area contributed by atoms with Crippen LogP contribution in [0.1, 0.15) is 77.6 Å². The van der Waals surface area contributed by atoms with Crippen molar-refractivity contribution in [1.82, 2.24) is 0 Å². The molecule has 128 valence electrons. The van der Waals surface area contributed by atoms with E-state index in [1.54, 1.807) is 0 Å². The smallest absolute Gasteiger partial charge is 0.0883 e. The summed E-state index contributed by atoms with van der Waals surface area (Å²) in [5.74, 6) is 0. The van der Waals surface area contributed by atoms with Gasteiger partial charge in [-0.1, -0.05) is 96.6 Å². The highest BCUT2D eigenvalue weighted by molar-refractivity contribution is 9.09. The normalized spacial score (nSPS) is 12.0. The van der Waals surface area contributed by atoms with Crippen molar-refractivity contribution in [2.75, 3.05) is 37.3 Å². The van der Waals surface area contributed by atoms with Gasteiger partial charge in [0.25, 0.3) is 0 Å². The molecule has 0 atom stereocenters. The molecule has 0 spiro atoms. The van der Waals surface area contributed by atoms with Crippen LogP contribution in [0.4, 0.5) is 0 Å². The second kappa shape index (κ2) is 15.8. The summed E-state index contributed by atoms with van der Waals surface area (Å²) in [4.78, 5) is 0. The van der Waals surface area contributed by atoms with Crippen LogP contribution >= 0.6 is 31.9 Å². The van der Waals surface area contributed by atoms with Crippen LogP contribution < -0.4 is 0 Å². The number of halogens is 2. The lowest BCUT2D eigenvalue weighted by atomic mass is 10.1. The van der Waals surface area contributed by atoms with E-state index >= 15 is 0 Å². The third-order valence-electron chi connectivity index (χ3n) is 4.55. The fraction of sp³-hybridized carbons (Fsp3) is 1.00. The van der Waals surface area contributed by atoms with Crippen molar-refractivity contribution < 1.29 is 4.48 Å². The van der Waals surface area contributed by atoms with Crippen LogP contribution in [0.25, 0.3) is 0 Å². The van der Waals surface area contributed by atoms with Crippen molar-refractivity contribution in [3.05, 3.63) is 0 Å². The van der Waals surface area contributed by atoms with Gasteiger partial charge in [-0.2, -0.15) is 0 Å². The maximum atomic E-state index is 3.60. The lowest BCUT2D eigenvalue weighted by molar-refractivity contribution is -0.904. The van der Waals surface area contributed by atoms with E-state index in [0.29, 0.717) is 0 Å². The van der Waals surface area contributed by atoms with Crippen molar-refractivity contribution in [1.29, 1.82) is 0 Å². The summed E-state index contributed by atoms with van der Waals surface area (Å²) in [7, 11) is 2.40. The zero-order valence-corrected chi connectivity index (χ0v) is 17.7. The zero-order chi connectivity index (χ0) is 15.8. The molecule has 0 aromatic carbocycles. The van der Waals surface area contributed by atoms with Crippen LogP contribution in [-0.2, 0) is 0 Å². The summed E-state index contributed by atoms with van der Waals surface area (Å²) in [5, 5.41) is 2.24. The summed E-state index contributed by atoms with van der Waals surface area (Å²) in [6, 6.07) is 0. The maximum Gasteiger partial charge on any atom is 0.0883 e. The van der Waals surface area contributed by atoms with Crippen LogP contribution in [0, 0.1) is 0 Å². The molecular weight excluding hydrogens is 390 g/mol. The van der Waals surface area contributed by atoms with E-state index in [4.69, 9.17) is 0 Å². The van der Waals surface area contributed by atoms with E-state index in [1.807, 2.05) is 0 Å². The minimum absolute atomic E-state index is 1.12. The molecule has 0 radical (unpaired) electrons. The van der Waals surface area contributed by atoms with Crippen molar-refractivity contribution in [3.63, 3.8) is 0 Å². The molecule has 0 amide bonds. The summed E-state index contributed by atoms with van der Waals surface area (Å²) in [6.45, 7) is 6.14. The molecule has 0 aromatic rings. The summed E-state index contributed by atoms with van der Waals surface area (Å²) in [5.41, 5.74) is 0. The van der Waals surface area contributed by atoms with Crippen LogP contribution in [0.3, 0.4) is 0 Å². The quantitative estimate of drug-likeness (QED) is 0.149. The van der Waals surface area contributed by atoms with E-state index < -0.39 is 0 Å². The Hall–Kier alpha value is 0.920. The lowest BCUT2D eigenvalue weighted by Crippen LogP contribution is -2.47. The Balaban J connectivity index is 3.37. The highest BCUT2D eigenvalue weighted by atomic mass is 79.9. The van der Waals surface area contributed by atoms with Crippen LogP contribution in [-0.4, -0.2) is 41.8 Å². The van der Waals surface area contributed by atoms with Gasteiger partial charge in [-0.25, -0.2) is 0 Å². The minimum Gasteiger partial charge on any atom is -0.325 e. The molecular formula is C18H38Br2N+. The van der Waals surface area contributed by atoms with E-state index in [-0.39, 0.29) is 0 Å². The predicted molar refractivity (Wildman–Crippen MR) is 105 cm³/mol. The minimum atomic E-state index is 1.12. The predicted octanol–water partition coefficient (Wildman–Crippen LogP) is 6.53. The van der Waals surface area contributed by atoms with Crippen molar-refractivity contribution in [2.24, 2.45) is 0 Å². The highest BCUT2D eigenvalue weighted by Gasteiger charge is 2.18. The molecule has 3 heteroatoms. The first kappa shape index (κ1) is 21.9. The molecule has 0 N–H and O–H groups in total. The topological polar surface area (TPSA) is 0 Å². The van der Waals surface area contributed by atoms with E-state index in [1.165, 1.54) is 94.7 Å². The second-order valence-electron chi connectivity index (χ2n) is 6.70. The van der Waals surface area contributed by atoms with Crippen LogP contribution in [0.15, 0.2) is 0 Å². The molecule has 0 aliphatic heterocycles. The Bertz CT molecular complexity index is 203. The van der Waals surface area contributed by atoms with Gasteiger partial charge in [0.05, 0.1) is 37.3 Å². The first-order chi connectivity index (χ1) is 10.2. The third kappa shape index (κ3) is 14.3. The van der Waals surface area contributed by atoms with Gasteiger partial charge >= 0.3 is 0 Å². The Morgan fingerprint density at radius 2 is 0.952 bits per heavy atom. The van der Waals surface area contributed by atoms with E-state index in [0.717, 1.165) is 10.7 Å². The van der Waals surface area contributed by atoms with Gasteiger partial charge in [-0.05, 0) is 12.8 Å². The van der Waals surface area contributed by atoms with Crippen LogP contribution in [0.2, 0.25) is 0 Å². The van der Waals surface area contributed by atoms with Gasteiger partial charge in [0, 0.05) is 0 Å². The average molecular weight is 428 g/mol. The lowest BCUT2D eigenvalue weighted by Gasteiger charge is -2.33. The number of nitrogens with zero attached hydrogens (tertiary/aromatic N) is 1. The highest BCUT2D eigenvalue weighted by Crippen LogP contribution is 2.13. The molecule has 0 saturated carbocycles. The van der Waals surface area contributed by atoms with E-state index in [2.05, 4.69) is 45.8 Å². The molecule has 0 aliphatic rings. The largest absolute Gasteiger partial charge is 0.325 e. The van der Waals surface area contributed by atoms with Gasteiger partial charge in [0.15, 0.2) is 0 Å². The molecule has 0 unspecified atom stereocenters. The number of quaternary nitrogens is 1. The maximum absolute atomic E-state index is 3.60. The number of alkyl halides is 2. The van der Waals surface area contributed by atoms with Gasteiger partial charge < -0.3 is 4.48 Å². The van der Waals surface area contributed by atoms with Gasteiger partial charge in [-0.3, -0.25) is 0 Å². The Morgan fingerprint density at radius 3 is 1.33 bits per heavy atom. The molecule has 0 fully saturated rings. The van der Waals surface area contributed by atoms with Crippen molar-refractivity contribution >= 4 is 31.9 Å². The third-order valence-corrected chi connectivity index (χ3v) is 5.26. The van der Waals surface area contributed by atoms with Gasteiger partial charge in [-0.15, -0.1) is 0 Å². The van der Waals surface area contributed by atoms with Crippen LogP contribution in [0.5, 0.6) is 0 Å². The number of hydrogen-bond donors (Lipinski definition) is 0. The summed E-state index contributed by atoms with van der Waals surface area (Å²) >= 11 is 7.20. The SMILES string of the molecule is CCCCCCCCCCCCC[N+](C)(CCBr)CCBr. The Morgan fingerprint density at radius 1 is 0.571 bits per heavy atom. The fourth-order valence-corrected chi connectivity index (χ4v) is 4.61. The standard InChI is InChI=1S/C18H38Br2N/c1-3-4-5-6-7-8-9-10-11-12-13-16-21(2,17-14-19)18-15-20/h3-18H2,1-2H3/q+1. The molecule has 21 heavy (non-hydrogen) atoms. The first-order valence-electron chi connectivity index (χ1n) is 9.14. The number of hydrogen-bond acceptors (Lipinski definition) is 0. The van der Waals surface area contributed by atoms with E-state index in [9.17, 15) is 0 Å². The Kier molecular flexibility index (Phi) is 16.5. The van der Waals surface area contributed by atoms with Crippen molar-refractivity contribution in [2.45, 2.75) is 77.6 Å². The molecule has 0 heterocycles. The Labute approximate surface area is 151 Å². The average Bonchev–Trinajstić information content (AvgIpc) is 2.45. The van der Waals surface area contributed by atoms with Gasteiger partial charge in [0.2, 0.25) is 0 Å². The molecule has 0 aliphatic carbocycles. The fourth-order valence-electron chi connectivity index (χ4n) is 2.90. The number of unbranched alkanes of at least 4 members (excludes halogenated alkanes) is 10.